The third-order valence-corrected chi connectivity index (χ3v) is 6.43. The van der Waals surface area contributed by atoms with Crippen molar-refractivity contribution in [3.8, 4) is 0 Å². The van der Waals surface area contributed by atoms with Crippen LogP contribution in [0.1, 0.15) is 80.9 Å². The van der Waals surface area contributed by atoms with Crippen molar-refractivity contribution in [2.24, 2.45) is 13.0 Å². The molecule has 1 heterocycles. The maximum atomic E-state index is 13.5. The fourth-order valence-corrected chi connectivity index (χ4v) is 4.49. The van der Waals surface area contributed by atoms with E-state index in [1.807, 2.05) is 0 Å². The number of nitrogens with one attached hydrogen (secondary N) is 1. The number of aromatic nitrogens is 2. The lowest BCUT2D eigenvalue weighted by Crippen LogP contribution is -2.42. The summed E-state index contributed by atoms with van der Waals surface area (Å²) in [6, 6.07) is 0. The number of amides is 1. The van der Waals surface area contributed by atoms with Crippen LogP contribution < -0.4 is 5.32 Å². The predicted molar refractivity (Wildman–Crippen MR) is 92.3 cm³/mol. The molecule has 0 saturated heterocycles. The summed E-state index contributed by atoms with van der Waals surface area (Å²) < 4.78 is 54.8. The molecule has 150 valence electrons. The Morgan fingerprint density at radius 3 is 2.19 bits per heavy atom. The SMILES string of the molecule is Cn1nc(C2CCC(F)(F)CC2)c(C2CCC2)c1NC(=O)C1CC(F)(F)C1. The van der Waals surface area contributed by atoms with Gasteiger partial charge in [0.2, 0.25) is 17.8 Å². The second kappa shape index (κ2) is 6.48. The van der Waals surface area contributed by atoms with Gasteiger partial charge in [-0.05, 0) is 31.6 Å². The average molecular weight is 387 g/mol. The Morgan fingerprint density at radius 1 is 1.04 bits per heavy atom. The lowest BCUT2D eigenvalue weighted by Gasteiger charge is -2.34. The van der Waals surface area contributed by atoms with Crippen molar-refractivity contribution in [1.29, 1.82) is 0 Å². The molecule has 1 aromatic rings. The van der Waals surface area contributed by atoms with Crippen molar-refractivity contribution in [1.82, 2.24) is 9.78 Å². The van der Waals surface area contributed by atoms with Gasteiger partial charge < -0.3 is 5.32 Å². The molecule has 3 aliphatic carbocycles. The van der Waals surface area contributed by atoms with E-state index in [2.05, 4.69) is 10.4 Å². The summed E-state index contributed by atoms with van der Waals surface area (Å²) in [6.07, 6.45) is 2.69. The number of hydrogen-bond donors (Lipinski definition) is 1. The van der Waals surface area contributed by atoms with Crippen LogP contribution in [-0.2, 0) is 11.8 Å². The van der Waals surface area contributed by atoms with E-state index in [0.29, 0.717) is 18.7 Å². The molecular formula is C19H25F4N3O. The van der Waals surface area contributed by atoms with Crippen LogP contribution in [0.3, 0.4) is 0 Å². The van der Waals surface area contributed by atoms with Gasteiger partial charge in [0.05, 0.1) is 5.69 Å². The molecule has 4 nitrogen and oxygen atoms in total. The van der Waals surface area contributed by atoms with Gasteiger partial charge in [-0.3, -0.25) is 9.48 Å². The van der Waals surface area contributed by atoms with Gasteiger partial charge in [-0.25, -0.2) is 17.6 Å². The maximum absolute atomic E-state index is 13.5. The fourth-order valence-electron chi connectivity index (χ4n) is 4.49. The van der Waals surface area contributed by atoms with Crippen molar-refractivity contribution in [2.75, 3.05) is 5.32 Å². The highest BCUT2D eigenvalue weighted by Gasteiger charge is 2.49. The second-order valence-corrected chi connectivity index (χ2v) is 8.48. The van der Waals surface area contributed by atoms with E-state index in [-0.39, 0.29) is 24.7 Å². The van der Waals surface area contributed by atoms with E-state index in [1.165, 1.54) is 0 Å². The zero-order chi connectivity index (χ0) is 19.4. The molecule has 27 heavy (non-hydrogen) atoms. The zero-order valence-electron chi connectivity index (χ0n) is 15.4. The topological polar surface area (TPSA) is 46.9 Å². The largest absolute Gasteiger partial charge is 0.310 e. The summed E-state index contributed by atoms with van der Waals surface area (Å²) in [5.41, 5.74) is 1.75. The Labute approximate surface area is 155 Å². The van der Waals surface area contributed by atoms with E-state index in [9.17, 15) is 22.4 Å². The van der Waals surface area contributed by atoms with Crippen LogP contribution in [0.15, 0.2) is 0 Å². The number of carbonyl (C=O) groups excluding carboxylic acids is 1. The summed E-state index contributed by atoms with van der Waals surface area (Å²) in [5, 5.41) is 7.40. The number of carbonyl (C=O) groups is 1. The minimum atomic E-state index is -2.75. The Kier molecular flexibility index (Phi) is 4.50. The summed E-state index contributed by atoms with van der Waals surface area (Å²) in [7, 11) is 1.72. The van der Waals surface area contributed by atoms with Crippen molar-refractivity contribution in [2.45, 2.75) is 81.5 Å². The van der Waals surface area contributed by atoms with Gasteiger partial charge in [-0.15, -0.1) is 0 Å². The van der Waals surface area contributed by atoms with Gasteiger partial charge in [0.15, 0.2) is 0 Å². The Bertz CT molecular complexity index is 724. The molecule has 0 atom stereocenters. The summed E-state index contributed by atoms with van der Waals surface area (Å²) in [6.45, 7) is 0. The van der Waals surface area contributed by atoms with E-state index in [1.54, 1.807) is 11.7 Å². The normalized spacial score (nSPS) is 25.7. The Balaban J connectivity index is 1.56. The molecular weight excluding hydrogens is 362 g/mol. The van der Waals surface area contributed by atoms with Crippen LogP contribution in [0, 0.1) is 5.92 Å². The lowest BCUT2D eigenvalue weighted by atomic mass is 9.75. The molecule has 1 N–H and O–H groups in total. The number of aryl methyl sites for hydroxylation is 1. The Hall–Kier alpha value is -1.60. The molecule has 0 unspecified atom stereocenters. The minimum Gasteiger partial charge on any atom is -0.310 e. The second-order valence-electron chi connectivity index (χ2n) is 8.48. The molecule has 0 bridgehead atoms. The molecule has 1 aromatic heterocycles. The van der Waals surface area contributed by atoms with Gasteiger partial charge in [-0.1, -0.05) is 6.42 Å². The monoisotopic (exact) mass is 387 g/mol. The average Bonchev–Trinajstić information content (AvgIpc) is 2.80. The summed E-state index contributed by atoms with van der Waals surface area (Å²) >= 11 is 0. The molecule has 0 spiro atoms. The Morgan fingerprint density at radius 2 is 1.67 bits per heavy atom. The van der Waals surface area contributed by atoms with Crippen LogP contribution in [0.25, 0.3) is 0 Å². The van der Waals surface area contributed by atoms with Crippen molar-refractivity contribution in [3.63, 3.8) is 0 Å². The molecule has 0 radical (unpaired) electrons. The molecule has 3 fully saturated rings. The number of anilines is 1. The standard InChI is InChI=1S/C19H25F4N3O/c1-26-16(24-17(27)13-9-19(22,23)10-13)14(11-3-2-4-11)15(25-26)12-5-7-18(20,21)8-6-12/h11-13H,2-10H2,1H3,(H,24,27). The number of hydrogen-bond acceptors (Lipinski definition) is 2. The van der Waals surface area contributed by atoms with Gasteiger partial charge >= 0.3 is 0 Å². The highest BCUT2D eigenvalue weighted by Crippen LogP contribution is 2.48. The molecule has 0 aliphatic heterocycles. The van der Waals surface area contributed by atoms with Gasteiger partial charge in [0.25, 0.3) is 0 Å². The predicted octanol–water partition coefficient (Wildman–Crippen LogP) is 4.96. The first-order valence-corrected chi connectivity index (χ1v) is 9.78. The van der Waals surface area contributed by atoms with Gasteiger partial charge in [-0.2, -0.15) is 5.10 Å². The van der Waals surface area contributed by atoms with E-state index < -0.39 is 36.5 Å². The number of nitrogens with zero attached hydrogens (tertiary/aromatic N) is 2. The van der Waals surface area contributed by atoms with Crippen LogP contribution in [0.5, 0.6) is 0 Å². The van der Waals surface area contributed by atoms with Crippen molar-refractivity contribution in [3.05, 3.63) is 11.3 Å². The zero-order valence-corrected chi connectivity index (χ0v) is 15.4. The third kappa shape index (κ3) is 3.59. The molecule has 1 amide bonds. The van der Waals surface area contributed by atoms with Crippen LogP contribution >= 0.6 is 0 Å². The van der Waals surface area contributed by atoms with E-state index in [0.717, 1.165) is 30.5 Å². The molecule has 4 rings (SSSR count). The maximum Gasteiger partial charge on any atom is 0.249 e. The van der Waals surface area contributed by atoms with Gasteiger partial charge in [0, 0.05) is 50.1 Å². The lowest BCUT2D eigenvalue weighted by molar-refractivity contribution is -0.145. The minimum absolute atomic E-state index is 0.0369. The van der Waals surface area contributed by atoms with Crippen LogP contribution in [0.2, 0.25) is 0 Å². The van der Waals surface area contributed by atoms with Crippen LogP contribution in [-0.4, -0.2) is 27.5 Å². The quantitative estimate of drug-likeness (QED) is 0.742. The van der Waals surface area contributed by atoms with E-state index in [4.69, 9.17) is 0 Å². The van der Waals surface area contributed by atoms with Crippen molar-refractivity contribution >= 4 is 11.7 Å². The smallest absolute Gasteiger partial charge is 0.249 e. The molecule has 0 aromatic carbocycles. The highest BCUT2D eigenvalue weighted by atomic mass is 19.3. The first kappa shape index (κ1) is 18.7. The number of alkyl halides is 4. The highest BCUT2D eigenvalue weighted by molar-refractivity contribution is 5.93. The molecule has 3 saturated carbocycles. The fraction of sp³-hybridized carbons (Fsp3) is 0.789. The third-order valence-electron chi connectivity index (χ3n) is 6.43. The van der Waals surface area contributed by atoms with Gasteiger partial charge in [0.1, 0.15) is 5.82 Å². The van der Waals surface area contributed by atoms with E-state index >= 15 is 0 Å². The van der Waals surface area contributed by atoms with Crippen LogP contribution in [0.4, 0.5) is 23.4 Å². The molecule has 3 aliphatic rings. The number of halogens is 4. The summed E-state index contributed by atoms with van der Waals surface area (Å²) in [5.74, 6) is -5.64. The summed E-state index contributed by atoms with van der Waals surface area (Å²) in [4.78, 5) is 12.4. The first-order chi connectivity index (χ1) is 12.7. The number of rotatable bonds is 4. The first-order valence-electron chi connectivity index (χ1n) is 9.78. The van der Waals surface area contributed by atoms with Crippen molar-refractivity contribution < 1.29 is 22.4 Å². The molecule has 8 heteroatoms.